The monoisotopic (exact) mass is 246 g/mol. The van der Waals surface area contributed by atoms with Gasteiger partial charge in [-0.25, -0.2) is 0 Å². The molecule has 2 aliphatic rings. The van der Waals surface area contributed by atoms with Gasteiger partial charge in [-0.15, -0.1) is 0 Å². The molecule has 2 fully saturated rings. The molecule has 0 radical (unpaired) electrons. The van der Waals surface area contributed by atoms with Gasteiger partial charge < -0.3 is 16.0 Å². The molecule has 2 heterocycles. The third-order valence-corrected chi connectivity index (χ3v) is 4.29. The fourth-order valence-corrected chi connectivity index (χ4v) is 3.08. The van der Waals surface area contributed by atoms with E-state index in [1.165, 1.54) is 30.9 Å². The molecular formula is C14H22N4. The summed E-state index contributed by atoms with van der Waals surface area (Å²) in [4.78, 5) is 4.09. The first-order valence-electron chi connectivity index (χ1n) is 6.92. The maximum atomic E-state index is 4.09. The molecule has 1 saturated heterocycles. The van der Waals surface area contributed by atoms with Gasteiger partial charge >= 0.3 is 0 Å². The van der Waals surface area contributed by atoms with Gasteiger partial charge in [0.15, 0.2) is 0 Å². The Morgan fingerprint density at radius 1 is 1.33 bits per heavy atom. The third kappa shape index (κ3) is 2.49. The number of aryl methyl sites for hydroxylation is 1. The lowest BCUT2D eigenvalue weighted by Gasteiger charge is -2.10. The Kier molecular flexibility index (Phi) is 3.48. The molecule has 0 aromatic carbocycles. The second-order valence-electron chi connectivity index (χ2n) is 5.47. The van der Waals surface area contributed by atoms with E-state index in [2.05, 4.69) is 27.9 Å². The quantitative estimate of drug-likeness (QED) is 0.652. The smallest absolute Gasteiger partial charge is 0.0401 e. The molecule has 18 heavy (non-hydrogen) atoms. The average Bonchev–Trinajstić information content (AvgIpc) is 2.83. The molecule has 1 aliphatic heterocycles. The van der Waals surface area contributed by atoms with Crippen LogP contribution >= 0.6 is 0 Å². The van der Waals surface area contributed by atoms with E-state index in [1.54, 1.807) is 0 Å². The first-order valence-corrected chi connectivity index (χ1v) is 6.92. The van der Waals surface area contributed by atoms with Gasteiger partial charge in [-0.3, -0.25) is 4.98 Å². The molecule has 1 aromatic rings. The lowest BCUT2D eigenvalue weighted by Crippen LogP contribution is -2.27. The van der Waals surface area contributed by atoms with E-state index < -0.39 is 0 Å². The van der Waals surface area contributed by atoms with Crippen molar-refractivity contribution in [1.29, 1.82) is 0 Å². The minimum atomic E-state index is 0.939. The van der Waals surface area contributed by atoms with Crippen LogP contribution in [0.1, 0.15) is 5.56 Å². The van der Waals surface area contributed by atoms with Crippen molar-refractivity contribution in [3.63, 3.8) is 0 Å². The largest absolute Gasteiger partial charge is 0.383 e. The van der Waals surface area contributed by atoms with Crippen LogP contribution in [0.4, 0.5) is 5.69 Å². The van der Waals surface area contributed by atoms with Crippen LogP contribution < -0.4 is 16.0 Å². The molecule has 3 atom stereocenters. The summed E-state index contributed by atoms with van der Waals surface area (Å²) in [6.45, 7) is 7.77. The lowest BCUT2D eigenvalue weighted by atomic mass is 10.2. The number of piperidine rings is 1. The minimum absolute atomic E-state index is 0.939. The Bertz CT molecular complexity index is 397. The molecule has 3 rings (SSSR count). The van der Waals surface area contributed by atoms with Crippen molar-refractivity contribution in [2.75, 3.05) is 38.0 Å². The summed E-state index contributed by atoms with van der Waals surface area (Å²) in [6.07, 6.45) is 3.73. The number of pyridine rings is 1. The predicted molar refractivity (Wildman–Crippen MR) is 73.7 cm³/mol. The average molecular weight is 246 g/mol. The number of hydrogen-bond donors (Lipinski definition) is 3. The molecule has 0 amide bonds. The van der Waals surface area contributed by atoms with Crippen molar-refractivity contribution < 1.29 is 0 Å². The van der Waals surface area contributed by atoms with Crippen LogP contribution in [0, 0.1) is 24.7 Å². The zero-order valence-electron chi connectivity index (χ0n) is 10.9. The van der Waals surface area contributed by atoms with Gasteiger partial charge in [0, 0.05) is 31.2 Å². The number of anilines is 1. The van der Waals surface area contributed by atoms with Crippen molar-refractivity contribution in [2.24, 2.45) is 17.8 Å². The predicted octanol–water partition coefficient (Wildman–Crippen LogP) is 0.857. The topological polar surface area (TPSA) is 49.0 Å². The summed E-state index contributed by atoms with van der Waals surface area (Å²) in [5.41, 5.74) is 2.40. The molecule has 4 heteroatoms. The molecule has 0 bridgehead atoms. The van der Waals surface area contributed by atoms with Crippen molar-refractivity contribution in [2.45, 2.75) is 6.92 Å². The highest BCUT2D eigenvalue weighted by atomic mass is 15.0. The van der Waals surface area contributed by atoms with E-state index in [1.807, 2.05) is 18.5 Å². The van der Waals surface area contributed by atoms with Crippen LogP contribution in [-0.4, -0.2) is 37.7 Å². The number of nitrogens with zero attached hydrogens (tertiary/aromatic N) is 1. The van der Waals surface area contributed by atoms with E-state index in [9.17, 15) is 0 Å². The number of hydrogen-bond acceptors (Lipinski definition) is 4. The van der Waals surface area contributed by atoms with E-state index in [0.29, 0.717) is 0 Å². The summed E-state index contributed by atoms with van der Waals surface area (Å²) < 4.78 is 0. The lowest BCUT2D eigenvalue weighted by molar-refractivity contribution is 0.546. The fraction of sp³-hybridized carbons (Fsp3) is 0.643. The van der Waals surface area contributed by atoms with Gasteiger partial charge in [-0.2, -0.15) is 0 Å². The van der Waals surface area contributed by atoms with Gasteiger partial charge in [-0.1, -0.05) is 0 Å². The summed E-state index contributed by atoms with van der Waals surface area (Å²) in [7, 11) is 0. The number of nitrogens with one attached hydrogen (secondary N) is 3. The van der Waals surface area contributed by atoms with Crippen LogP contribution in [0.5, 0.6) is 0 Å². The molecular weight excluding hydrogens is 224 g/mol. The van der Waals surface area contributed by atoms with Crippen molar-refractivity contribution in [1.82, 2.24) is 15.6 Å². The molecule has 3 N–H and O–H groups in total. The Hall–Kier alpha value is -1.13. The Morgan fingerprint density at radius 3 is 2.94 bits per heavy atom. The highest BCUT2D eigenvalue weighted by Gasteiger charge is 2.51. The van der Waals surface area contributed by atoms with E-state index in [-0.39, 0.29) is 0 Å². The summed E-state index contributed by atoms with van der Waals surface area (Å²) in [5.74, 6) is 2.87. The molecule has 0 spiro atoms. The minimum Gasteiger partial charge on any atom is -0.383 e. The maximum absolute atomic E-state index is 4.09. The summed E-state index contributed by atoms with van der Waals surface area (Å²) >= 11 is 0. The van der Waals surface area contributed by atoms with E-state index in [0.717, 1.165) is 30.8 Å². The molecule has 1 aromatic heterocycles. The van der Waals surface area contributed by atoms with Gasteiger partial charge in [-0.05, 0) is 55.9 Å². The Labute approximate surface area is 109 Å². The molecule has 1 saturated carbocycles. The van der Waals surface area contributed by atoms with Gasteiger partial charge in [0.2, 0.25) is 0 Å². The zero-order valence-corrected chi connectivity index (χ0v) is 10.9. The molecule has 1 unspecified atom stereocenters. The maximum Gasteiger partial charge on any atom is 0.0401 e. The molecule has 1 aliphatic carbocycles. The van der Waals surface area contributed by atoms with Gasteiger partial charge in [0.25, 0.3) is 0 Å². The van der Waals surface area contributed by atoms with Crippen LogP contribution in [0.2, 0.25) is 0 Å². The van der Waals surface area contributed by atoms with Gasteiger partial charge in [0.1, 0.15) is 0 Å². The van der Waals surface area contributed by atoms with Crippen LogP contribution in [0.3, 0.4) is 0 Å². The van der Waals surface area contributed by atoms with Gasteiger partial charge in [0.05, 0.1) is 0 Å². The SMILES string of the molecule is Cc1cnccc1NCCNCC1[C@H]2CNC[C@@H]12. The molecule has 4 nitrogen and oxygen atoms in total. The standard InChI is InChI=1S/C14H22N4/c1-10-6-15-3-2-14(10)18-5-4-16-7-11-12-8-17-9-13(11)12/h2-3,6,11-13,16-17H,4-5,7-9H2,1H3,(H,15,18)/t11?,12-,13+. The molecule has 98 valence electrons. The Balaban J connectivity index is 1.30. The highest BCUT2D eigenvalue weighted by molar-refractivity contribution is 5.48. The fourth-order valence-electron chi connectivity index (χ4n) is 3.08. The van der Waals surface area contributed by atoms with Crippen molar-refractivity contribution in [3.05, 3.63) is 24.0 Å². The van der Waals surface area contributed by atoms with Crippen LogP contribution in [0.25, 0.3) is 0 Å². The second kappa shape index (κ2) is 5.24. The Morgan fingerprint density at radius 2 is 2.17 bits per heavy atom. The zero-order chi connectivity index (χ0) is 12.4. The number of rotatable bonds is 6. The summed E-state index contributed by atoms with van der Waals surface area (Å²) in [5, 5.41) is 10.4. The summed E-state index contributed by atoms with van der Waals surface area (Å²) in [6, 6.07) is 2.03. The highest BCUT2D eigenvalue weighted by Crippen LogP contribution is 2.47. The number of fused-ring (bicyclic) bond motifs is 1. The normalized spacial score (nSPS) is 29.1. The number of aromatic nitrogens is 1. The first kappa shape index (κ1) is 11.9. The van der Waals surface area contributed by atoms with E-state index in [4.69, 9.17) is 0 Å². The second-order valence-corrected chi connectivity index (χ2v) is 5.47. The first-order chi connectivity index (χ1) is 8.86. The van der Waals surface area contributed by atoms with Crippen LogP contribution in [-0.2, 0) is 0 Å². The van der Waals surface area contributed by atoms with E-state index >= 15 is 0 Å². The van der Waals surface area contributed by atoms with Crippen LogP contribution in [0.15, 0.2) is 18.5 Å². The van der Waals surface area contributed by atoms with Crippen molar-refractivity contribution >= 4 is 5.69 Å². The third-order valence-electron chi connectivity index (χ3n) is 4.29. The van der Waals surface area contributed by atoms with Crippen molar-refractivity contribution in [3.8, 4) is 0 Å².